The monoisotopic (exact) mass is 432 g/mol. The van der Waals surface area contributed by atoms with E-state index in [-0.39, 0.29) is 26.5 Å². The van der Waals surface area contributed by atoms with Crippen molar-refractivity contribution in [1.82, 2.24) is 0 Å². The van der Waals surface area contributed by atoms with Crippen LogP contribution in [0.1, 0.15) is 31.8 Å². The molecule has 142 valence electrons. The molecule has 3 rings (SSSR count). The number of ketones is 1. The van der Waals surface area contributed by atoms with Crippen molar-refractivity contribution >= 4 is 47.2 Å². The van der Waals surface area contributed by atoms with Crippen molar-refractivity contribution in [2.24, 2.45) is 0 Å². The van der Waals surface area contributed by atoms with Gasteiger partial charge in [-0.3, -0.25) is 14.2 Å². The van der Waals surface area contributed by atoms with Gasteiger partial charge in [-0.15, -0.1) is 0 Å². The molecule has 1 N–H and O–H groups in total. The highest BCUT2D eigenvalue weighted by molar-refractivity contribution is 7.82. The second kappa shape index (κ2) is 8.02. The third-order valence-electron chi connectivity index (χ3n) is 4.30. The number of benzene rings is 3. The van der Waals surface area contributed by atoms with Crippen LogP contribution in [0.25, 0.3) is 0 Å². The Morgan fingerprint density at radius 1 is 0.893 bits per heavy atom. The molecule has 0 aliphatic rings. The van der Waals surface area contributed by atoms with Crippen LogP contribution >= 0.6 is 30.6 Å². The minimum Gasteiger partial charge on any atom is -0.336 e. The molecule has 0 fully saturated rings. The van der Waals surface area contributed by atoms with Crippen LogP contribution in [0, 0.1) is 6.92 Å². The largest absolute Gasteiger partial charge is 0.336 e. The minimum atomic E-state index is -4.49. The highest BCUT2D eigenvalue weighted by Gasteiger charge is 2.37. The normalized spacial score (nSPS) is 13.0. The van der Waals surface area contributed by atoms with E-state index >= 15 is 0 Å². The van der Waals surface area contributed by atoms with Crippen LogP contribution in [0.3, 0.4) is 0 Å². The number of carbonyl (C=O) groups excluding carboxylic acids is 2. The van der Waals surface area contributed by atoms with E-state index in [9.17, 15) is 19.0 Å². The summed E-state index contributed by atoms with van der Waals surface area (Å²) in [6.45, 7) is 1.63. The highest BCUT2D eigenvalue weighted by Crippen LogP contribution is 2.47. The second-order valence-electron chi connectivity index (χ2n) is 6.15. The van der Waals surface area contributed by atoms with Gasteiger partial charge in [0.15, 0.2) is 5.78 Å². The smallest absolute Gasteiger partial charge is 0.298 e. The summed E-state index contributed by atoms with van der Waals surface area (Å²) >= 11 is 12.5. The average molecular weight is 433 g/mol. The maximum atomic E-state index is 13.0. The first-order valence-corrected chi connectivity index (χ1v) is 10.7. The summed E-state index contributed by atoms with van der Waals surface area (Å²) < 4.78 is 13.0. The summed E-state index contributed by atoms with van der Waals surface area (Å²) in [6, 6.07) is 17.4. The van der Waals surface area contributed by atoms with Gasteiger partial charge < -0.3 is 4.89 Å². The molecule has 0 amide bonds. The molecular formula is C21H15Cl2O4P. The molecular weight excluding hydrogens is 418 g/mol. The fourth-order valence-corrected chi connectivity index (χ4v) is 5.19. The van der Waals surface area contributed by atoms with E-state index in [4.69, 9.17) is 23.2 Å². The fraction of sp³-hybridized carbons (Fsp3) is 0.0476. The Balaban J connectivity index is 2.12. The molecule has 4 nitrogen and oxygen atoms in total. The first-order valence-electron chi connectivity index (χ1n) is 8.26. The topological polar surface area (TPSA) is 71.4 Å². The van der Waals surface area contributed by atoms with Crippen LogP contribution in [0.2, 0.25) is 10.0 Å². The standard InChI is InChI=1S/C21H15Cl2O4P/c1-13-7-5-6-10-17(13)28(26,27)21(25)18-16(22)12-11-15(19(18)23)20(24)14-8-3-2-4-9-14/h2-12H,1H3,(H,26,27). The third kappa shape index (κ3) is 3.69. The van der Waals surface area contributed by atoms with Gasteiger partial charge in [0.2, 0.25) is 0 Å². The summed E-state index contributed by atoms with van der Waals surface area (Å²) in [4.78, 5) is 36.3. The van der Waals surface area contributed by atoms with E-state index in [1.54, 1.807) is 55.5 Å². The number of carbonyl (C=O) groups is 2. The lowest BCUT2D eigenvalue weighted by Gasteiger charge is -2.16. The van der Waals surface area contributed by atoms with Gasteiger partial charge in [0.1, 0.15) is 0 Å². The van der Waals surface area contributed by atoms with Gasteiger partial charge in [-0.25, -0.2) is 0 Å². The third-order valence-corrected chi connectivity index (χ3v) is 6.94. The first-order chi connectivity index (χ1) is 13.2. The predicted molar refractivity (Wildman–Crippen MR) is 111 cm³/mol. The Morgan fingerprint density at radius 2 is 1.50 bits per heavy atom. The van der Waals surface area contributed by atoms with Gasteiger partial charge in [-0.2, -0.15) is 0 Å². The van der Waals surface area contributed by atoms with Gasteiger partial charge in [-0.05, 0) is 30.7 Å². The summed E-state index contributed by atoms with van der Waals surface area (Å²) in [6.07, 6.45) is 0. The molecule has 7 heteroatoms. The minimum absolute atomic E-state index is 0.00641. The summed E-state index contributed by atoms with van der Waals surface area (Å²) in [5.74, 6) is -0.417. The van der Waals surface area contributed by atoms with Gasteiger partial charge in [0, 0.05) is 16.4 Å². The van der Waals surface area contributed by atoms with Crippen molar-refractivity contribution in [2.75, 3.05) is 0 Å². The molecule has 0 heterocycles. The van der Waals surface area contributed by atoms with Crippen molar-refractivity contribution in [3.63, 3.8) is 0 Å². The number of rotatable bonds is 5. The first kappa shape index (κ1) is 20.5. The van der Waals surface area contributed by atoms with Crippen molar-refractivity contribution in [1.29, 1.82) is 0 Å². The molecule has 3 aromatic rings. The molecule has 0 radical (unpaired) electrons. The Hall–Kier alpha value is -2.23. The van der Waals surface area contributed by atoms with Crippen LogP contribution in [0.5, 0.6) is 0 Å². The zero-order valence-electron chi connectivity index (χ0n) is 14.7. The summed E-state index contributed by atoms with van der Waals surface area (Å²) in [5, 5.41) is -0.330. The second-order valence-corrected chi connectivity index (χ2v) is 8.97. The van der Waals surface area contributed by atoms with E-state index in [0.717, 1.165) is 0 Å². The molecule has 1 unspecified atom stereocenters. The Bertz CT molecular complexity index is 1130. The zero-order chi connectivity index (χ0) is 20.5. The van der Waals surface area contributed by atoms with Crippen LogP contribution in [0.4, 0.5) is 0 Å². The van der Waals surface area contributed by atoms with Crippen molar-refractivity contribution in [3.8, 4) is 0 Å². The van der Waals surface area contributed by atoms with Gasteiger partial charge in [0.25, 0.3) is 12.9 Å². The maximum Gasteiger partial charge on any atom is 0.298 e. The molecule has 3 aromatic carbocycles. The quantitative estimate of drug-likeness (QED) is 0.440. The Morgan fingerprint density at radius 3 is 2.14 bits per heavy atom. The molecule has 0 aliphatic carbocycles. The highest BCUT2D eigenvalue weighted by atomic mass is 35.5. The molecule has 0 aliphatic heterocycles. The lowest BCUT2D eigenvalue weighted by atomic mass is 10.0. The average Bonchev–Trinajstić information content (AvgIpc) is 2.68. The maximum absolute atomic E-state index is 13.0. The number of halogens is 2. The summed E-state index contributed by atoms with van der Waals surface area (Å²) in [5.41, 5.74) is -0.550. The van der Waals surface area contributed by atoms with E-state index in [2.05, 4.69) is 0 Å². The van der Waals surface area contributed by atoms with E-state index in [1.165, 1.54) is 18.2 Å². The van der Waals surface area contributed by atoms with Crippen molar-refractivity contribution in [2.45, 2.75) is 6.92 Å². The number of hydrogen-bond donors (Lipinski definition) is 1. The molecule has 0 saturated heterocycles. The van der Waals surface area contributed by atoms with E-state index in [0.29, 0.717) is 11.1 Å². The molecule has 0 spiro atoms. The van der Waals surface area contributed by atoms with Crippen LogP contribution in [-0.4, -0.2) is 16.2 Å². The predicted octanol–water partition coefficient (Wildman–Crippen LogP) is 5.27. The zero-order valence-corrected chi connectivity index (χ0v) is 17.1. The lowest BCUT2D eigenvalue weighted by Crippen LogP contribution is -2.17. The molecule has 1 atom stereocenters. The SMILES string of the molecule is Cc1ccccc1P(=O)(O)C(=O)c1c(Cl)ccc(C(=O)c2ccccc2)c1Cl. The lowest BCUT2D eigenvalue weighted by molar-refractivity contribution is 0.103. The molecule has 0 saturated carbocycles. The Kier molecular flexibility index (Phi) is 5.87. The molecule has 0 bridgehead atoms. The summed E-state index contributed by atoms with van der Waals surface area (Å²) in [7, 11) is -4.49. The van der Waals surface area contributed by atoms with Crippen LogP contribution < -0.4 is 5.30 Å². The van der Waals surface area contributed by atoms with E-state index < -0.39 is 18.7 Å². The van der Waals surface area contributed by atoms with Crippen molar-refractivity contribution in [3.05, 3.63) is 99.0 Å². The van der Waals surface area contributed by atoms with Gasteiger partial charge >= 0.3 is 0 Å². The van der Waals surface area contributed by atoms with E-state index in [1.807, 2.05) is 0 Å². The fourth-order valence-electron chi connectivity index (χ4n) is 2.83. The Labute approximate surface area is 172 Å². The number of hydrogen-bond acceptors (Lipinski definition) is 3. The molecule has 28 heavy (non-hydrogen) atoms. The van der Waals surface area contributed by atoms with Crippen LogP contribution in [-0.2, 0) is 4.57 Å². The van der Waals surface area contributed by atoms with Gasteiger partial charge in [0.05, 0.1) is 15.6 Å². The number of aryl methyl sites for hydroxylation is 1. The molecule has 0 aromatic heterocycles. The van der Waals surface area contributed by atoms with Crippen molar-refractivity contribution < 1.29 is 19.0 Å². The van der Waals surface area contributed by atoms with Crippen LogP contribution in [0.15, 0.2) is 66.7 Å². The van der Waals surface area contributed by atoms with Gasteiger partial charge in [-0.1, -0.05) is 71.7 Å².